The van der Waals surface area contributed by atoms with E-state index in [-0.39, 0.29) is 12.5 Å². The van der Waals surface area contributed by atoms with Gasteiger partial charge in [-0.05, 0) is 51.5 Å². The van der Waals surface area contributed by atoms with Crippen LogP contribution >= 0.6 is 0 Å². The average Bonchev–Trinajstić information content (AvgIpc) is 2.81. The van der Waals surface area contributed by atoms with Crippen molar-refractivity contribution in [2.24, 2.45) is 11.5 Å². The number of hydrogen-bond donors (Lipinski definition) is 5. The fourth-order valence-corrected chi connectivity index (χ4v) is 2.69. The van der Waals surface area contributed by atoms with Gasteiger partial charge < -0.3 is 21.7 Å². The number of carboxylic acids is 2. The first-order chi connectivity index (χ1) is 16.4. The molecule has 0 radical (unpaired) electrons. The lowest BCUT2D eigenvalue weighted by Gasteiger charge is -2.07. The zero-order chi connectivity index (χ0) is 25.9. The molecule has 0 aromatic carbocycles. The van der Waals surface area contributed by atoms with E-state index in [1.54, 1.807) is 0 Å². The van der Waals surface area contributed by atoms with Gasteiger partial charge in [-0.3, -0.25) is 14.8 Å². The van der Waals surface area contributed by atoms with Gasteiger partial charge in [-0.1, -0.05) is 81.2 Å². The van der Waals surface area contributed by atoms with Crippen LogP contribution in [0.4, 0.5) is 0 Å². The Kier molecular flexibility index (Phi) is 26.9. The molecule has 0 aliphatic rings. The summed E-state index contributed by atoms with van der Waals surface area (Å²) in [5.41, 5.74) is 10.4. The molecule has 0 heterocycles. The third kappa shape index (κ3) is 27.8. The van der Waals surface area contributed by atoms with E-state index in [4.69, 9.17) is 26.9 Å². The van der Waals surface area contributed by atoms with Gasteiger partial charge in [0.2, 0.25) is 0 Å². The van der Waals surface area contributed by atoms with Crippen molar-refractivity contribution >= 4 is 11.9 Å². The van der Waals surface area contributed by atoms with E-state index >= 15 is 0 Å². The van der Waals surface area contributed by atoms with Crippen molar-refractivity contribution in [1.29, 1.82) is 0 Å². The molecular formula is C26H46N2O6. The Hall–Kier alpha value is -2.26. The number of rotatable bonds is 20. The largest absolute Gasteiger partial charge is 0.481 e. The van der Waals surface area contributed by atoms with Crippen LogP contribution < -0.4 is 11.5 Å². The van der Waals surface area contributed by atoms with Crippen LogP contribution in [0.15, 0.2) is 48.6 Å². The maximum atomic E-state index is 10.3. The number of carbonyl (C=O) groups is 2. The number of allylic oxidation sites excluding steroid dienone is 7. The second kappa shape index (κ2) is 27.0. The van der Waals surface area contributed by atoms with Crippen LogP contribution in [0.25, 0.3) is 0 Å². The van der Waals surface area contributed by atoms with Gasteiger partial charge in [0.25, 0.3) is 0 Å². The molecule has 0 saturated carbocycles. The maximum absolute atomic E-state index is 10.3. The molecular weight excluding hydrogens is 436 g/mol. The summed E-state index contributed by atoms with van der Waals surface area (Å²) in [5.74, 6) is -1.67. The minimum absolute atomic E-state index is 0.219. The first kappa shape index (κ1) is 33.9. The second-order valence-corrected chi connectivity index (χ2v) is 7.88. The summed E-state index contributed by atoms with van der Waals surface area (Å²) in [5, 5.41) is 25.6. The molecule has 7 N–H and O–H groups in total. The summed E-state index contributed by atoms with van der Waals surface area (Å²) >= 11 is 0. The van der Waals surface area contributed by atoms with Crippen molar-refractivity contribution in [3.63, 3.8) is 0 Å². The molecule has 2 unspecified atom stereocenters. The Labute approximate surface area is 205 Å². The van der Waals surface area contributed by atoms with Crippen LogP contribution in [0.1, 0.15) is 84.0 Å². The van der Waals surface area contributed by atoms with Crippen molar-refractivity contribution in [3.05, 3.63) is 48.6 Å². The minimum Gasteiger partial charge on any atom is -0.481 e. The second-order valence-electron chi connectivity index (χ2n) is 7.88. The Morgan fingerprint density at radius 3 is 2.12 bits per heavy atom. The van der Waals surface area contributed by atoms with Crippen molar-refractivity contribution in [1.82, 2.24) is 0 Å². The van der Waals surface area contributed by atoms with Gasteiger partial charge in [0.1, 0.15) is 12.1 Å². The molecule has 0 spiro atoms. The topological polar surface area (TPSA) is 156 Å². The summed E-state index contributed by atoms with van der Waals surface area (Å²) in [6.45, 7) is 2.75. The third-order valence-electron chi connectivity index (χ3n) is 4.73. The fraction of sp³-hybridized carbons (Fsp3) is 0.615. The number of unbranched alkanes of at least 4 members (excludes halogenated alkanes) is 4. The highest BCUT2D eigenvalue weighted by Crippen LogP contribution is 2.07. The van der Waals surface area contributed by atoms with Gasteiger partial charge in [-0.15, -0.1) is 0 Å². The average molecular weight is 483 g/mol. The Bertz CT molecular complexity index is 602. The smallest absolute Gasteiger partial charge is 0.320 e. The molecule has 0 bridgehead atoms. The van der Waals surface area contributed by atoms with Crippen molar-refractivity contribution < 1.29 is 29.9 Å². The third-order valence-corrected chi connectivity index (χ3v) is 4.73. The molecule has 8 heteroatoms. The van der Waals surface area contributed by atoms with E-state index in [9.17, 15) is 9.59 Å². The van der Waals surface area contributed by atoms with Crippen LogP contribution in [0.3, 0.4) is 0 Å². The van der Waals surface area contributed by atoms with Crippen molar-refractivity contribution in [2.45, 2.75) is 96.1 Å². The number of nitrogens with two attached hydrogens (primary N) is 2. The molecule has 34 heavy (non-hydrogen) atoms. The molecule has 8 nitrogen and oxygen atoms in total. The summed E-state index contributed by atoms with van der Waals surface area (Å²) in [6.07, 6.45) is 25.7. The summed E-state index contributed by atoms with van der Waals surface area (Å²) < 4.78 is 0. The van der Waals surface area contributed by atoms with Gasteiger partial charge >= 0.3 is 11.9 Å². The lowest BCUT2D eigenvalue weighted by Crippen LogP contribution is -2.29. The zero-order valence-corrected chi connectivity index (χ0v) is 20.7. The van der Waals surface area contributed by atoms with E-state index in [0.717, 1.165) is 57.8 Å². The number of carboxylic acid groups (broad SMARTS) is 2. The van der Waals surface area contributed by atoms with Gasteiger partial charge in [0.05, 0.1) is 0 Å². The summed E-state index contributed by atoms with van der Waals surface area (Å²) in [4.78, 5) is 24.9. The Morgan fingerprint density at radius 2 is 1.53 bits per heavy atom. The maximum Gasteiger partial charge on any atom is 0.320 e. The first-order valence-corrected chi connectivity index (χ1v) is 12.2. The van der Waals surface area contributed by atoms with Crippen LogP contribution in [0.2, 0.25) is 0 Å². The van der Waals surface area contributed by atoms with E-state index < -0.39 is 18.0 Å². The molecule has 0 aromatic rings. The minimum atomic E-state index is -0.933. The van der Waals surface area contributed by atoms with Crippen LogP contribution in [-0.2, 0) is 14.5 Å². The van der Waals surface area contributed by atoms with E-state index in [1.807, 2.05) is 30.4 Å². The van der Waals surface area contributed by atoms with Gasteiger partial charge in [-0.25, -0.2) is 4.89 Å². The predicted octanol–water partition coefficient (Wildman–Crippen LogP) is 5.21. The highest BCUT2D eigenvalue weighted by Gasteiger charge is 2.09. The molecule has 0 aromatic heterocycles. The lowest BCUT2D eigenvalue weighted by atomic mass is 10.1. The highest BCUT2D eigenvalue weighted by molar-refractivity contribution is 5.72. The molecule has 2 atom stereocenters. The van der Waals surface area contributed by atoms with Crippen LogP contribution in [-0.4, -0.2) is 46.1 Å². The zero-order valence-electron chi connectivity index (χ0n) is 20.7. The molecule has 0 aliphatic carbocycles. The standard InChI is InChI=1S/C20H32O4.C6H14N2O2/c1-2-3-13-16-19(24-23)17-14-11-9-7-5-4-6-8-10-12-15-18-20(21)22;7-4-2-1-3-5(8)6(9)10/h4-5,8-11,14,17,19,23H,2-3,6-7,12-13,15-16,18H2,1H3,(H,21,22);5H,1-4,7-8H2,(H,9,10)/b5-4+,10-8+,11-9+,17-14+;. The fourth-order valence-electron chi connectivity index (χ4n) is 2.69. The quantitative estimate of drug-likeness (QED) is 0.0520. The SMILES string of the molecule is CCCCCC(/C=C/C=C/C/C=C/C/C=C/CCCC(=O)O)OO.NCCCCC(N)C(=O)O. The van der Waals surface area contributed by atoms with Crippen molar-refractivity contribution in [2.75, 3.05) is 6.54 Å². The van der Waals surface area contributed by atoms with Crippen molar-refractivity contribution in [3.8, 4) is 0 Å². The predicted molar refractivity (Wildman–Crippen MR) is 137 cm³/mol. The van der Waals surface area contributed by atoms with E-state index in [1.165, 1.54) is 0 Å². The molecule has 0 amide bonds. The lowest BCUT2D eigenvalue weighted by molar-refractivity contribution is -0.267. The monoisotopic (exact) mass is 482 g/mol. The molecule has 0 saturated heterocycles. The highest BCUT2D eigenvalue weighted by atomic mass is 17.1. The Morgan fingerprint density at radius 1 is 0.882 bits per heavy atom. The van der Waals surface area contributed by atoms with E-state index in [0.29, 0.717) is 19.4 Å². The van der Waals surface area contributed by atoms with Crippen LogP contribution in [0.5, 0.6) is 0 Å². The van der Waals surface area contributed by atoms with Gasteiger partial charge in [0.15, 0.2) is 0 Å². The van der Waals surface area contributed by atoms with E-state index in [2.05, 4.69) is 30.0 Å². The Balaban J connectivity index is 0. The van der Waals surface area contributed by atoms with Gasteiger partial charge in [-0.2, -0.15) is 0 Å². The van der Waals surface area contributed by atoms with Crippen LogP contribution in [0, 0.1) is 0 Å². The number of aliphatic carboxylic acids is 2. The molecule has 0 aliphatic heterocycles. The molecule has 196 valence electrons. The first-order valence-electron chi connectivity index (χ1n) is 12.2. The number of hydrogen-bond acceptors (Lipinski definition) is 6. The van der Waals surface area contributed by atoms with Gasteiger partial charge in [0, 0.05) is 6.42 Å². The molecule has 0 fully saturated rings. The molecule has 0 rings (SSSR count). The normalized spacial score (nSPS) is 13.5. The summed E-state index contributed by atoms with van der Waals surface area (Å²) in [7, 11) is 0. The summed E-state index contributed by atoms with van der Waals surface area (Å²) in [6, 6.07) is -0.716.